The average Bonchev–Trinajstić information content (AvgIpc) is 2.98. The van der Waals surface area contributed by atoms with E-state index < -0.39 is 17.3 Å². The fourth-order valence-electron chi connectivity index (χ4n) is 2.91. The van der Waals surface area contributed by atoms with E-state index >= 15 is 0 Å². The molecule has 8 nitrogen and oxygen atoms in total. The zero-order valence-corrected chi connectivity index (χ0v) is 16.6. The van der Waals surface area contributed by atoms with Gasteiger partial charge in [0.25, 0.3) is 5.56 Å². The van der Waals surface area contributed by atoms with Crippen LogP contribution in [0, 0.1) is 6.92 Å². The Bertz CT molecular complexity index is 1100. The maximum absolute atomic E-state index is 12.9. The molecule has 0 radical (unpaired) electrons. The molecule has 0 saturated heterocycles. The lowest BCUT2D eigenvalue weighted by Crippen LogP contribution is -2.34. The van der Waals surface area contributed by atoms with Crippen molar-refractivity contribution in [3.05, 3.63) is 63.2 Å². The molecule has 2 heterocycles. The quantitative estimate of drug-likeness (QED) is 0.670. The van der Waals surface area contributed by atoms with Crippen LogP contribution in [0.1, 0.15) is 25.1 Å². The minimum absolute atomic E-state index is 0.182. The largest absolute Gasteiger partial charge is 0.506 e. The highest BCUT2D eigenvalue weighted by molar-refractivity contribution is 6.30. The molecule has 0 aliphatic heterocycles. The van der Waals surface area contributed by atoms with Gasteiger partial charge in [-0.15, -0.1) is 0 Å². The summed E-state index contributed by atoms with van der Waals surface area (Å²) in [6.45, 7) is 4.92. The standard InChI is InChI=1S/C19H19ClN4O4/c1-11-9-15(12-5-7-13(20)8-6-12)22-24(11)16-14(10-21-23(4)17(16)25)19(2,3)28-18(26)27/h5-10H,1-4H3,(H,26,27). The minimum Gasteiger partial charge on any atom is -0.450 e. The second-order valence-corrected chi connectivity index (χ2v) is 7.24. The molecule has 3 aromatic rings. The summed E-state index contributed by atoms with van der Waals surface area (Å²) in [6.07, 6.45) is -0.0291. The number of halogens is 1. The van der Waals surface area contributed by atoms with Crippen LogP contribution in [0.5, 0.6) is 0 Å². The first-order chi connectivity index (χ1) is 13.1. The molecular weight excluding hydrogens is 384 g/mol. The van der Waals surface area contributed by atoms with E-state index in [9.17, 15) is 9.59 Å². The Morgan fingerprint density at radius 2 is 1.89 bits per heavy atom. The Hall–Kier alpha value is -3.13. The van der Waals surface area contributed by atoms with Gasteiger partial charge in [0.1, 0.15) is 11.3 Å². The van der Waals surface area contributed by atoms with Gasteiger partial charge in [0.2, 0.25) is 0 Å². The van der Waals surface area contributed by atoms with Crippen LogP contribution in [0.25, 0.3) is 16.9 Å². The monoisotopic (exact) mass is 402 g/mol. The molecular formula is C19H19ClN4O4. The van der Waals surface area contributed by atoms with Crippen LogP contribution in [0.4, 0.5) is 4.79 Å². The van der Waals surface area contributed by atoms with Crippen molar-refractivity contribution in [2.24, 2.45) is 7.05 Å². The summed E-state index contributed by atoms with van der Waals surface area (Å²) >= 11 is 5.94. The van der Waals surface area contributed by atoms with Crippen molar-refractivity contribution < 1.29 is 14.6 Å². The molecule has 2 aromatic heterocycles. The summed E-state index contributed by atoms with van der Waals surface area (Å²) in [4.78, 5) is 24.0. The Labute approximate surface area is 165 Å². The Morgan fingerprint density at radius 1 is 1.25 bits per heavy atom. The van der Waals surface area contributed by atoms with E-state index in [1.54, 1.807) is 32.9 Å². The molecule has 0 atom stereocenters. The minimum atomic E-state index is -1.45. The Morgan fingerprint density at radius 3 is 2.50 bits per heavy atom. The number of carboxylic acid groups (broad SMARTS) is 1. The summed E-state index contributed by atoms with van der Waals surface area (Å²) in [5.74, 6) is 0. The molecule has 1 aromatic carbocycles. The number of benzene rings is 1. The van der Waals surface area contributed by atoms with Crippen molar-refractivity contribution >= 4 is 17.8 Å². The van der Waals surface area contributed by atoms with E-state index in [1.165, 1.54) is 22.6 Å². The number of hydrogen-bond acceptors (Lipinski definition) is 5. The van der Waals surface area contributed by atoms with E-state index in [4.69, 9.17) is 21.4 Å². The van der Waals surface area contributed by atoms with Gasteiger partial charge in [-0.05, 0) is 39.0 Å². The summed E-state index contributed by atoms with van der Waals surface area (Å²) < 4.78 is 7.65. The van der Waals surface area contributed by atoms with Crippen LogP contribution in [0.2, 0.25) is 5.02 Å². The van der Waals surface area contributed by atoms with Gasteiger partial charge in [0.15, 0.2) is 0 Å². The third kappa shape index (κ3) is 3.63. The first-order valence-corrected chi connectivity index (χ1v) is 8.79. The Balaban J connectivity index is 2.21. The number of aromatic nitrogens is 4. The Kier molecular flexibility index (Phi) is 4.99. The zero-order valence-electron chi connectivity index (χ0n) is 15.8. The first-order valence-electron chi connectivity index (χ1n) is 8.42. The molecule has 0 unspecified atom stereocenters. The number of rotatable bonds is 4. The second-order valence-electron chi connectivity index (χ2n) is 6.80. The van der Waals surface area contributed by atoms with E-state index in [0.29, 0.717) is 22.0 Å². The topological polar surface area (TPSA) is 99.2 Å². The van der Waals surface area contributed by atoms with Crippen molar-refractivity contribution in [1.82, 2.24) is 19.6 Å². The molecule has 3 rings (SSSR count). The smallest absolute Gasteiger partial charge is 0.450 e. The van der Waals surface area contributed by atoms with Gasteiger partial charge < -0.3 is 9.84 Å². The number of ether oxygens (including phenoxy) is 1. The van der Waals surface area contributed by atoms with Crippen LogP contribution >= 0.6 is 11.6 Å². The van der Waals surface area contributed by atoms with E-state index in [0.717, 1.165) is 5.56 Å². The van der Waals surface area contributed by atoms with Gasteiger partial charge in [-0.2, -0.15) is 10.2 Å². The highest BCUT2D eigenvalue weighted by Crippen LogP contribution is 2.29. The summed E-state index contributed by atoms with van der Waals surface area (Å²) in [5, 5.41) is 18.3. The molecule has 0 aliphatic rings. The number of nitrogens with zero attached hydrogens (tertiary/aromatic N) is 4. The van der Waals surface area contributed by atoms with Crippen molar-refractivity contribution in [3.8, 4) is 16.9 Å². The lowest BCUT2D eigenvalue weighted by Gasteiger charge is -2.25. The lowest BCUT2D eigenvalue weighted by atomic mass is 9.98. The third-order valence-corrected chi connectivity index (χ3v) is 4.59. The van der Waals surface area contributed by atoms with Crippen LogP contribution < -0.4 is 5.56 Å². The number of hydrogen-bond donors (Lipinski definition) is 1. The normalized spacial score (nSPS) is 11.5. The molecule has 0 amide bonds. The van der Waals surface area contributed by atoms with Gasteiger partial charge >= 0.3 is 6.16 Å². The van der Waals surface area contributed by atoms with Crippen LogP contribution in [-0.4, -0.2) is 30.8 Å². The molecule has 28 heavy (non-hydrogen) atoms. The fourth-order valence-corrected chi connectivity index (χ4v) is 3.03. The molecule has 0 bridgehead atoms. The van der Waals surface area contributed by atoms with Gasteiger partial charge in [-0.25, -0.2) is 14.2 Å². The predicted octanol–water partition coefficient (Wildman–Crippen LogP) is 3.52. The van der Waals surface area contributed by atoms with Crippen molar-refractivity contribution in [2.75, 3.05) is 0 Å². The first kappa shape index (κ1) is 19.6. The van der Waals surface area contributed by atoms with E-state index in [-0.39, 0.29) is 5.69 Å². The zero-order chi connectivity index (χ0) is 20.6. The highest BCUT2D eigenvalue weighted by atomic mass is 35.5. The SMILES string of the molecule is Cc1cc(-c2ccc(Cl)cc2)nn1-c1c(C(C)(C)OC(=O)O)cnn(C)c1=O. The van der Waals surface area contributed by atoms with Gasteiger partial charge in [-0.3, -0.25) is 4.79 Å². The average molecular weight is 403 g/mol. The molecule has 0 spiro atoms. The van der Waals surface area contributed by atoms with Crippen LogP contribution in [0.3, 0.4) is 0 Å². The number of carbonyl (C=O) groups is 1. The lowest BCUT2D eigenvalue weighted by molar-refractivity contribution is 0.000577. The number of aryl methyl sites for hydroxylation is 2. The van der Waals surface area contributed by atoms with Crippen LogP contribution in [-0.2, 0) is 17.4 Å². The van der Waals surface area contributed by atoms with E-state index in [1.807, 2.05) is 18.2 Å². The molecule has 1 N–H and O–H groups in total. The summed E-state index contributed by atoms with van der Waals surface area (Å²) in [7, 11) is 1.51. The van der Waals surface area contributed by atoms with E-state index in [2.05, 4.69) is 10.2 Å². The molecule has 9 heteroatoms. The second kappa shape index (κ2) is 7.12. The highest BCUT2D eigenvalue weighted by Gasteiger charge is 2.32. The summed E-state index contributed by atoms with van der Waals surface area (Å²) in [5.41, 5.74) is 0.943. The summed E-state index contributed by atoms with van der Waals surface area (Å²) in [6, 6.07) is 9.00. The molecule has 0 aliphatic carbocycles. The van der Waals surface area contributed by atoms with Crippen molar-refractivity contribution in [1.29, 1.82) is 0 Å². The molecule has 146 valence electrons. The van der Waals surface area contributed by atoms with Gasteiger partial charge in [0, 0.05) is 28.9 Å². The maximum atomic E-state index is 12.9. The van der Waals surface area contributed by atoms with Gasteiger partial charge in [0.05, 0.1) is 11.9 Å². The molecule has 0 saturated carbocycles. The van der Waals surface area contributed by atoms with Gasteiger partial charge in [-0.1, -0.05) is 23.7 Å². The third-order valence-electron chi connectivity index (χ3n) is 4.34. The van der Waals surface area contributed by atoms with Crippen LogP contribution in [0.15, 0.2) is 41.3 Å². The fraction of sp³-hybridized carbons (Fsp3) is 0.263. The maximum Gasteiger partial charge on any atom is 0.506 e. The molecule has 0 fully saturated rings. The van der Waals surface area contributed by atoms with Crippen molar-refractivity contribution in [2.45, 2.75) is 26.4 Å². The van der Waals surface area contributed by atoms with Crippen molar-refractivity contribution in [3.63, 3.8) is 0 Å². The predicted molar refractivity (Wildman–Crippen MR) is 104 cm³/mol.